The summed E-state index contributed by atoms with van der Waals surface area (Å²) in [5, 5.41) is 6.63. The number of anilines is 1. The van der Waals surface area contributed by atoms with Crippen molar-refractivity contribution in [3.8, 4) is 0 Å². The molecule has 3 aromatic rings. The highest BCUT2D eigenvalue weighted by molar-refractivity contribution is 7.09. The molecule has 156 valence electrons. The second-order valence-corrected chi connectivity index (χ2v) is 8.85. The number of amides is 1. The Labute approximate surface area is 186 Å². The summed E-state index contributed by atoms with van der Waals surface area (Å²) in [6, 6.07) is 17.9. The van der Waals surface area contributed by atoms with Crippen LogP contribution < -0.4 is 10.2 Å². The van der Waals surface area contributed by atoms with Crippen LogP contribution in [0.25, 0.3) is 0 Å². The molecule has 5 nitrogen and oxygen atoms in total. The van der Waals surface area contributed by atoms with Gasteiger partial charge in [0.2, 0.25) is 0 Å². The zero-order valence-electron chi connectivity index (χ0n) is 16.9. The Morgan fingerprint density at radius 2 is 1.90 bits per heavy atom. The van der Waals surface area contributed by atoms with Crippen LogP contribution in [-0.4, -0.2) is 42.0 Å². The summed E-state index contributed by atoms with van der Waals surface area (Å²) >= 11 is 7.67. The Morgan fingerprint density at radius 1 is 1.13 bits per heavy atom. The molecule has 30 heavy (non-hydrogen) atoms. The Bertz CT molecular complexity index is 986. The van der Waals surface area contributed by atoms with E-state index in [0.29, 0.717) is 5.69 Å². The fourth-order valence-electron chi connectivity index (χ4n) is 3.61. The van der Waals surface area contributed by atoms with E-state index < -0.39 is 0 Å². The molecule has 1 amide bonds. The highest BCUT2D eigenvalue weighted by atomic mass is 35.5. The van der Waals surface area contributed by atoms with Gasteiger partial charge in [0.1, 0.15) is 10.7 Å². The Hall–Kier alpha value is -2.41. The summed E-state index contributed by atoms with van der Waals surface area (Å²) in [6.45, 7) is 6.58. The molecule has 1 aliphatic heterocycles. The number of halogens is 1. The zero-order valence-corrected chi connectivity index (χ0v) is 18.5. The molecular formula is C23H25ClN4OS. The van der Waals surface area contributed by atoms with Gasteiger partial charge in [-0.3, -0.25) is 9.69 Å². The predicted octanol–water partition coefficient (Wildman–Crippen LogP) is 4.61. The van der Waals surface area contributed by atoms with E-state index in [1.54, 1.807) is 11.3 Å². The third kappa shape index (κ3) is 5.19. The molecular weight excluding hydrogens is 416 g/mol. The minimum atomic E-state index is -0.125. The van der Waals surface area contributed by atoms with E-state index in [1.807, 2.05) is 60.8 Å². The number of hydrogen-bond donors (Lipinski definition) is 1. The molecule has 1 aliphatic rings. The second kappa shape index (κ2) is 9.60. The molecule has 1 atom stereocenters. The van der Waals surface area contributed by atoms with Gasteiger partial charge < -0.3 is 10.2 Å². The molecule has 1 fully saturated rings. The molecule has 2 aromatic carbocycles. The summed E-state index contributed by atoms with van der Waals surface area (Å²) in [5.74, 6) is -0.125. The van der Waals surface area contributed by atoms with Crippen molar-refractivity contribution in [3.05, 3.63) is 81.3 Å². The standard InChI is InChI=1S/C23H25ClN4OS/c1-17(18-6-3-2-4-7-18)25-23(29)21-16-30-22(26-21)15-27-10-12-28(13-11-27)20-9-5-8-19(24)14-20/h2-9,14,16-17H,10-13,15H2,1H3,(H,25,29). The van der Waals surface area contributed by atoms with Gasteiger partial charge in [-0.15, -0.1) is 11.3 Å². The van der Waals surface area contributed by atoms with Gasteiger partial charge in [0, 0.05) is 42.3 Å². The second-order valence-electron chi connectivity index (χ2n) is 7.48. The van der Waals surface area contributed by atoms with Crippen molar-refractivity contribution in [3.63, 3.8) is 0 Å². The van der Waals surface area contributed by atoms with Crippen LogP contribution >= 0.6 is 22.9 Å². The lowest BCUT2D eigenvalue weighted by atomic mass is 10.1. The summed E-state index contributed by atoms with van der Waals surface area (Å²) < 4.78 is 0. The Balaban J connectivity index is 1.29. The van der Waals surface area contributed by atoms with Crippen molar-refractivity contribution < 1.29 is 4.79 Å². The van der Waals surface area contributed by atoms with E-state index in [4.69, 9.17) is 11.6 Å². The van der Waals surface area contributed by atoms with Gasteiger partial charge >= 0.3 is 0 Å². The van der Waals surface area contributed by atoms with Gasteiger partial charge in [0.05, 0.1) is 12.6 Å². The predicted molar refractivity (Wildman–Crippen MR) is 123 cm³/mol. The van der Waals surface area contributed by atoms with Crippen LogP contribution in [0.1, 0.15) is 34.0 Å². The minimum Gasteiger partial charge on any atom is -0.369 e. The van der Waals surface area contributed by atoms with Gasteiger partial charge in [0.15, 0.2) is 0 Å². The summed E-state index contributed by atoms with van der Waals surface area (Å²) in [6.07, 6.45) is 0. The first-order valence-electron chi connectivity index (χ1n) is 10.1. The van der Waals surface area contributed by atoms with Gasteiger partial charge in [0.25, 0.3) is 5.91 Å². The molecule has 1 N–H and O–H groups in total. The Morgan fingerprint density at radius 3 is 2.63 bits per heavy atom. The number of carbonyl (C=O) groups is 1. The number of nitrogens with zero attached hydrogens (tertiary/aromatic N) is 3. The molecule has 0 saturated carbocycles. The SMILES string of the molecule is CC(NC(=O)c1csc(CN2CCN(c3cccc(Cl)c3)CC2)n1)c1ccccc1. The smallest absolute Gasteiger partial charge is 0.271 e. The third-order valence-corrected chi connectivity index (χ3v) is 6.40. The molecule has 1 unspecified atom stereocenters. The van der Waals surface area contributed by atoms with E-state index in [-0.39, 0.29) is 11.9 Å². The van der Waals surface area contributed by atoms with Gasteiger partial charge in [-0.25, -0.2) is 4.98 Å². The fourth-order valence-corrected chi connectivity index (χ4v) is 4.61. The molecule has 0 bridgehead atoms. The maximum atomic E-state index is 12.6. The first-order chi connectivity index (χ1) is 14.6. The fraction of sp³-hybridized carbons (Fsp3) is 0.304. The van der Waals surface area contributed by atoms with E-state index in [2.05, 4.69) is 26.2 Å². The molecule has 1 aromatic heterocycles. The quantitative estimate of drug-likeness (QED) is 0.608. The number of piperazine rings is 1. The van der Waals surface area contributed by atoms with Crippen LogP contribution in [0.5, 0.6) is 0 Å². The average molecular weight is 441 g/mol. The van der Waals surface area contributed by atoms with Crippen molar-refractivity contribution in [1.29, 1.82) is 0 Å². The molecule has 4 rings (SSSR count). The maximum Gasteiger partial charge on any atom is 0.271 e. The van der Waals surface area contributed by atoms with Gasteiger partial charge in [-0.05, 0) is 30.7 Å². The van der Waals surface area contributed by atoms with Crippen molar-refractivity contribution in [2.24, 2.45) is 0 Å². The largest absolute Gasteiger partial charge is 0.369 e. The number of aromatic nitrogens is 1. The van der Waals surface area contributed by atoms with Crippen molar-refractivity contribution in [2.75, 3.05) is 31.1 Å². The summed E-state index contributed by atoms with van der Waals surface area (Å²) in [7, 11) is 0. The third-order valence-electron chi connectivity index (χ3n) is 5.34. The molecule has 0 spiro atoms. The topological polar surface area (TPSA) is 48.5 Å². The van der Waals surface area contributed by atoms with E-state index in [1.165, 1.54) is 5.69 Å². The Kier molecular flexibility index (Phi) is 6.67. The van der Waals surface area contributed by atoms with Crippen molar-refractivity contribution >= 4 is 34.5 Å². The molecule has 1 saturated heterocycles. The van der Waals surface area contributed by atoms with Crippen LogP contribution in [0.15, 0.2) is 60.0 Å². The lowest BCUT2D eigenvalue weighted by Gasteiger charge is -2.35. The number of hydrogen-bond acceptors (Lipinski definition) is 5. The summed E-state index contributed by atoms with van der Waals surface area (Å²) in [5.41, 5.74) is 2.75. The van der Waals surface area contributed by atoms with E-state index in [0.717, 1.165) is 48.3 Å². The van der Waals surface area contributed by atoms with E-state index >= 15 is 0 Å². The number of nitrogens with one attached hydrogen (secondary N) is 1. The number of thiazole rings is 1. The van der Waals surface area contributed by atoms with Crippen LogP contribution in [0.2, 0.25) is 5.02 Å². The lowest BCUT2D eigenvalue weighted by Crippen LogP contribution is -2.45. The zero-order chi connectivity index (χ0) is 20.9. The van der Waals surface area contributed by atoms with Crippen LogP contribution in [0, 0.1) is 0 Å². The normalized spacial score (nSPS) is 15.7. The first kappa shape index (κ1) is 20.8. The highest BCUT2D eigenvalue weighted by Crippen LogP contribution is 2.22. The number of carbonyl (C=O) groups excluding carboxylic acids is 1. The van der Waals surface area contributed by atoms with Gasteiger partial charge in [-0.2, -0.15) is 0 Å². The molecule has 0 aliphatic carbocycles. The lowest BCUT2D eigenvalue weighted by molar-refractivity contribution is 0.0935. The molecule has 2 heterocycles. The summed E-state index contributed by atoms with van der Waals surface area (Å²) in [4.78, 5) is 21.9. The first-order valence-corrected chi connectivity index (χ1v) is 11.4. The van der Waals surface area contributed by atoms with Gasteiger partial charge in [-0.1, -0.05) is 48.0 Å². The van der Waals surface area contributed by atoms with E-state index in [9.17, 15) is 4.79 Å². The monoisotopic (exact) mass is 440 g/mol. The van der Waals surface area contributed by atoms with Crippen molar-refractivity contribution in [1.82, 2.24) is 15.2 Å². The number of benzene rings is 2. The maximum absolute atomic E-state index is 12.6. The minimum absolute atomic E-state index is 0.0524. The van der Waals surface area contributed by atoms with Crippen LogP contribution in [0.4, 0.5) is 5.69 Å². The van der Waals surface area contributed by atoms with Crippen molar-refractivity contribution in [2.45, 2.75) is 19.5 Å². The molecule has 7 heteroatoms. The average Bonchev–Trinajstić information content (AvgIpc) is 3.23. The van der Waals surface area contributed by atoms with Crippen LogP contribution in [-0.2, 0) is 6.54 Å². The number of rotatable bonds is 6. The van der Waals surface area contributed by atoms with Crippen LogP contribution in [0.3, 0.4) is 0 Å². The molecule has 0 radical (unpaired) electrons. The highest BCUT2D eigenvalue weighted by Gasteiger charge is 2.20.